The minimum absolute atomic E-state index is 0.803. The molecule has 2 aromatic rings. The number of benzene rings is 2. The first kappa shape index (κ1) is 41.5. The summed E-state index contributed by atoms with van der Waals surface area (Å²) in [5, 5.41) is 0. The fourth-order valence-electron chi connectivity index (χ4n) is 5.20. The fraction of sp³-hybridized carbons (Fsp3) is 0.0196. The molecule has 0 N–H and O–H groups in total. The van der Waals surface area contributed by atoms with Gasteiger partial charge >= 0.3 is 0 Å². The monoisotopic (exact) mass is 677 g/mol. The van der Waals surface area contributed by atoms with Gasteiger partial charge in [0.1, 0.15) is 0 Å². The van der Waals surface area contributed by atoms with Crippen molar-refractivity contribution in [3.63, 3.8) is 0 Å². The summed E-state index contributed by atoms with van der Waals surface area (Å²) in [4.78, 5) is 2.12. The van der Waals surface area contributed by atoms with Crippen LogP contribution in [-0.4, -0.2) is 4.90 Å². The summed E-state index contributed by atoms with van der Waals surface area (Å²) < 4.78 is 0. The molecule has 0 unspecified atom stereocenters. The summed E-state index contributed by atoms with van der Waals surface area (Å²) in [6.07, 6.45) is 41.8. The van der Waals surface area contributed by atoms with E-state index in [9.17, 15) is 0 Å². The molecule has 0 bridgehead atoms. The van der Waals surface area contributed by atoms with Crippen LogP contribution in [0.4, 0.5) is 0 Å². The van der Waals surface area contributed by atoms with Crippen molar-refractivity contribution >= 4 is 11.1 Å². The van der Waals surface area contributed by atoms with Gasteiger partial charge in [0.15, 0.2) is 0 Å². The summed E-state index contributed by atoms with van der Waals surface area (Å²) in [5.74, 6) is 0. The predicted octanol–water partition coefficient (Wildman–Crippen LogP) is 14.3. The van der Waals surface area contributed by atoms with Gasteiger partial charge in [-0.1, -0.05) is 193 Å². The van der Waals surface area contributed by atoms with Crippen molar-refractivity contribution in [1.82, 2.24) is 4.90 Å². The van der Waals surface area contributed by atoms with E-state index in [-0.39, 0.29) is 0 Å². The highest BCUT2D eigenvalue weighted by Crippen LogP contribution is 2.33. The molecule has 0 spiro atoms. The maximum absolute atomic E-state index is 4.58. The van der Waals surface area contributed by atoms with Gasteiger partial charge in [-0.25, -0.2) is 0 Å². The molecule has 0 saturated carbocycles. The fourth-order valence-corrected chi connectivity index (χ4v) is 5.20. The molecule has 0 aliphatic carbocycles. The lowest BCUT2D eigenvalue weighted by Crippen LogP contribution is -2.21. The molecule has 52 heavy (non-hydrogen) atoms. The number of hydrogen-bond donors (Lipinski definition) is 0. The van der Waals surface area contributed by atoms with Crippen LogP contribution in [0.3, 0.4) is 0 Å². The van der Waals surface area contributed by atoms with Crippen LogP contribution >= 0.6 is 0 Å². The van der Waals surface area contributed by atoms with Crippen molar-refractivity contribution in [3.8, 4) is 11.1 Å². The molecule has 0 atom stereocenters. The highest BCUT2D eigenvalue weighted by molar-refractivity contribution is 5.84. The van der Waals surface area contributed by atoms with E-state index in [1.165, 1.54) is 0 Å². The molecule has 0 heterocycles. The molecule has 260 valence electrons. The molecule has 0 aliphatic heterocycles. The van der Waals surface area contributed by atoms with Crippen LogP contribution in [0.15, 0.2) is 270 Å². The normalized spacial score (nSPS) is 13.4. The van der Waals surface area contributed by atoms with Gasteiger partial charge in [-0.3, -0.25) is 0 Å². The van der Waals surface area contributed by atoms with E-state index in [4.69, 9.17) is 0 Å². The standard InChI is InChI=1S/C51H51N/c1-11-20-31-42(26-14-4)46-38-45(39-47(40-46)43-33-24-23-25-34-43)41(10)36-37-51(50(19-9)44(27-15-5)32-21-12-2)52(48(28-16-6)29-17-7)49(30-18-8)35-22-13-3/h11-40H,1-6,8-10H2,7H3/b29-17-,31-20-,32-21-,35-22-,37-36-,42-26+,44-27+,48-28+,49-30+,51-50-. The first-order valence-electron chi connectivity index (χ1n) is 16.9. The summed E-state index contributed by atoms with van der Waals surface area (Å²) in [6, 6.07) is 16.8. The van der Waals surface area contributed by atoms with Crippen LogP contribution in [0, 0.1) is 0 Å². The summed E-state index contributed by atoms with van der Waals surface area (Å²) in [6.45, 7) is 38.4. The second-order valence-electron chi connectivity index (χ2n) is 11.0. The highest BCUT2D eigenvalue weighted by atomic mass is 15.2. The second kappa shape index (κ2) is 23.6. The Labute approximate surface area is 313 Å². The van der Waals surface area contributed by atoms with Gasteiger partial charge in [0, 0.05) is 17.0 Å². The predicted molar refractivity (Wildman–Crippen MR) is 235 cm³/mol. The number of allylic oxidation sites excluding steroid dienone is 26. The van der Waals surface area contributed by atoms with Crippen LogP contribution in [0.5, 0.6) is 0 Å². The molecule has 2 aromatic carbocycles. The van der Waals surface area contributed by atoms with Crippen LogP contribution in [0.1, 0.15) is 18.1 Å². The summed E-state index contributed by atoms with van der Waals surface area (Å²) in [5.41, 5.74) is 10.2. The maximum atomic E-state index is 4.58. The number of nitrogens with zero attached hydrogens (tertiary/aromatic N) is 1. The summed E-state index contributed by atoms with van der Waals surface area (Å²) >= 11 is 0. The van der Waals surface area contributed by atoms with Crippen molar-refractivity contribution in [2.24, 2.45) is 0 Å². The molecule has 0 radical (unpaired) electrons. The Kier molecular flexibility index (Phi) is 18.8. The average molecular weight is 678 g/mol. The van der Waals surface area contributed by atoms with E-state index in [0.717, 1.165) is 61.6 Å². The first-order valence-corrected chi connectivity index (χ1v) is 16.9. The first-order chi connectivity index (χ1) is 25.4. The smallest absolute Gasteiger partial charge is 0.0540 e. The minimum atomic E-state index is 0.803. The molecule has 1 heteroatoms. The molecule has 0 saturated heterocycles. The Morgan fingerprint density at radius 2 is 1.12 bits per heavy atom. The van der Waals surface area contributed by atoms with Gasteiger partial charge in [0.25, 0.3) is 0 Å². The molecule has 2 rings (SSSR count). The zero-order chi connectivity index (χ0) is 38.1. The van der Waals surface area contributed by atoms with Crippen LogP contribution in [0.2, 0.25) is 0 Å². The van der Waals surface area contributed by atoms with Gasteiger partial charge in [0.2, 0.25) is 0 Å². The Bertz CT molecular complexity index is 1960. The number of rotatable bonds is 21. The van der Waals surface area contributed by atoms with Gasteiger partial charge in [-0.2, -0.15) is 0 Å². The lowest BCUT2D eigenvalue weighted by atomic mass is 9.92. The molecule has 0 amide bonds. The topological polar surface area (TPSA) is 3.24 Å². The quantitative estimate of drug-likeness (QED) is 0.119. The zero-order valence-corrected chi connectivity index (χ0v) is 30.6. The van der Waals surface area contributed by atoms with E-state index >= 15 is 0 Å². The zero-order valence-electron chi connectivity index (χ0n) is 30.6. The Balaban J connectivity index is 3.12. The van der Waals surface area contributed by atoms with Crippen molar-refractivity contribution in [2.45, 2.75) is 6.92 Å². The second-order valence-corrected chi connectivity index (χ2v) is 11.0. The van der Waals surface area contributed by atoms with Crippen molar-refractivity contribution in [3.05, 3.63) is 281 Å². The van der Waals surface area contributed by atoms with Crippen molar-refractivity contribution in [2.75, 3.05) is 0 Å². The molecular formula is C51H51N. The van der Waals surface area contributed by atoms with Crippen LogP contribution in [0.25, 0.3) is 22.3 Å². The average Bonchev–Trinajstić information content (AvgIpc) is 3.16. The van der Waals surface area contributed by atoms with Gasteiger partial charge in [-0.15, -0.1) is 0 Å². The van der Waals surface area contributed by atoms with E-state index < -0.39 is 0 Å². The lowest BCUT2D eigenvalue weighted by Gasteiger charge is -2.30. The molecule has 0 fully saturated rings. The molecule has 0 aromatic heterocycles. The molecular weight excluding hydrogens is 627 g/mol. The number of hydrogen-bond acceptors (Lipinski definition) is 1. The SMILES string of the molecule is C=C\C=C/C(=C\C=C)C(/C=C)=C(/C=C\C(=C)c1cc(C(/C=C\C=C)=C/C=C)cc(-c2ccccc2)c1)N(C(/C=C\C)=C/C=C)C(/C=C\C=C)=C/C=C. The third-order valence-corrected chi connectivity index (χ3v) is 7.47. The van der Waals surface area contributed by atoms with E-state index in [0.29, 0.717) is 0 Å². The van der Waals surface area contributed by atoms with Crippen molar-refractivity contribution in [1.29, 1.82) is 0 Å². The Hall–Kier alpha value is -6.70. The summed E-state index contributed by atoms with van der Waals surface area (Å²) in [7, 11) is 0. The third-order valence-electron chi connectivity index (χ3n) is 7.47. The molecule has 1 nitrogen and oxygen atoms in total. The van der Waals surface area contributed by atoms with Crippen molar-refractivity contribution < 1.29 is 0 Å². The molecule has 0 aliphatic rings. The van der Waals surface area contributed by atoms with Gasteiger partial charge in [-0.05, 0) is 94.5 Å². The van der Waals surface area contributed by atoms with Crippen LogP contribution in [-0.2, 0) is 0 Å². The highest BCUT2D eigenvalue weighted by Gasteiger charge is 2.19. The van der Waals surface area contributed by atoms with E-state index in [2.05, 4.69) is 101 Å². The largest absolute Gasteiger partial charge is 0.310 e. The van der Waals surface area contributed by atoms with Gasteiger partial charge < -0.3 is 4.90 Å². The van der Waals surface area contributed by atoms with E-state index in [1.54, 1.807) is 42.5 Å². The third kappa shape index (κ3) is 12.3. The minimum Gasteiger partial charge on any atom is -0.310 e. The van der Waals surface area contributed by atoms with Crippen LogP contribution < -0.4 is 0 Å². The maximum Gasteiger partial charge on any atom is 0.0540 e. The lowest BCUT2D eigenvalue weighted by molar-refractivity contribution is 0.574. The Morgan fingerprint density at radius 1 is 0.538 bits per heavy atom. The van der Waals surface area contributed by atoms with Gasteiger partial charge in [0.05, 0.1) is 5.70 Å². The Morgan fingerprint density at radius 3 is 1.69 bits per heavy atom. The van der Waals surface area contributed by atoms with E-state index in [1.807, 2.05) is 110 Å².